The number of allylic oxidation sites excluding steroid dienone is 2. The highest BCUT2D eigenvalue weighted by molar-refractivity contribution is 6.21. The van der Waals surface area contributed by atoms with E-state index in [9.17, 15) is 15.0 Å². The maximum atomic E-state index is 10.6. The van der Waals surface area contributed by atoms with Crippen LogP contribution in [0.4, 0.5) is 0 Å². The van der Waals surface area contributed by atoms with Gasteiger partial charge in [0.25, 0.3) is 0 Å². The standard InChI is InChI=1S/C24H35ClO4/c1-2-3-6-10-21(26)17-12-14-18(15-13-17)24-19(20(25)16-22(24)27)9-7-4-5-8-11-23(28)29/h4,7,12-15,19-22,24,26-27H,2-3,5-6,8-11,16H2,1H3,(H,28,29)/b7-4-/t19-,20+,21+,22?,24?/m0/s1. The first-order valence-corrected chi connectivity index (χ1v) is 11.3. The number of hydrogen-bond donors (Lipinski definition) is 3. The summed E-state index contributed by atoms with van der Waals surface area (Å²) in [5, 5.41) is 29.5. The molecule has 1 saturated carbocycles. The lowest BCUT2D eigenvalue weighted by atomic mass is 9.84. The minimum Gasteiger partial charge on any atom is -0.481 e. The normalized spacial score (nSPS) is 25.5. The molecule has 0 saturated heterocycles. The van der Waals surface area contributed by atoms with Crippen LogP contribution in [0.15, 0.2) is 36.4 Å². The molecule has 0 heterocycles. The Kier molecular flexibility index (Phi) is 10.2. The molecule has 1 aromatic rings. The number of unbranched alkanes of at least 4 members (excludes halogenated alkanes) is 3. The first kappa shape index (κ1) is 23.9. The zero-order valence-electron chi connectivity index (χ0n) is 17.3. The van der Waals surface area contributed by atoms with E-state index in [1.807, 2.05) is 30.3 Å². The van der Waals surface area contributed by atoms with Gasteiger partial charge in [-0.1, -0.05) is 62.6 Å². The van der Waals surface area contributed by atoms with Gasteiger partial charge in [0.1, 0.15) is 0 Å². The quantitative estimate of drug-likeness (QED) is 0.233. The zero-order chi connectivity index (χ0) is 21.2. The Hall–Kier alpha value is -1.36. The molecule has 29 heavy (non-hydrogen) atoms. The second kappa shape index (κ2) is 12.4. The van der Waals surface area contributed by atoms with Crippen LogP contribution in [0, 0.1) is 5.92 Å². The summed E-state index contributed by atoms with van der Waals surface area (Å²) in [6, 6.07) is 7.98. The topological polar surface area (TPSA) is 77.8 Å². The van der Waals surface area contributed by atoms with Crippen molar-refractivity contribution in [2.75, 3.05) is 0 Å². The average Bonchev–Trinajstić information content (AvgIpc) is 2.97. The highest BCUT2D eigenvalue weighted by Crippen LogP contribution is 2.45. The summed E-state index contributed by atoms with van der Waals surface area (Å²) in [6.45, 7) is 2.15. The molecule has 0 spiro atoms. The Morgan fingerprint density at radius 1 is 1.21 bits per heavy atom. The van der Waals surface area contributed by atoms with E-state index in [1.165, 1.54) is 0 Å². The van der Waals surface area contributed by atoms with Crippen LogP contribution in [0.3, 0.4) is 0 Å². The minimum atomic E-state index is -0.767. The predicted molar refractivity (Wildman–Crippen MR) is 117 cm³/mol. The highest BCUT2D eigenvalue weighted by Gasteiger charge is 2.41. The smallest absolute Gasteiger partial charge is 0.303 e. The molecule has 0 aromatic heterocycles. The van der Waals surface area contributed by atoms with Crippen LogP contribution in [0.2, 0.25) is 0 Å². The van der Waals surface area contributed by atoms with Gasteiger partial charge >= 0.3 is 5.97 Å². The molecule has 0 amide bonds. The van der Waals surface area contributed by atoms with Gasteiger partial charge in [-0.05, 0) is 49.1 Å². The SMILES string of the molecule is CCCCC[C@@H](O)c1ccc(C2C(O)C[C@@H](Cl)[C@@H]2C/C=C\CCCC(=O)O)cc1. The number of alkyl halides is 1. The summed E-state index contributed by atoms with van der Waals surface area (Å²) in [5.74, 6) is -0.646. The molecule has 3 N–H and O–H groups in total. The van der Waals surface area contributed by atoms with E-state index in [-0.39, 0.29) is 23.6 Å². The third-order valence-corrected chi connectivity index (χ3v) is 6.43. The first-order chi connectivity index (χ1) is 13.9. The van der Waals surface area contributed by atoms with Crippen molar-refractivity contribution in [2.45, 2.75) is 88.2 Å². The fourth-order valence-electron chi connectivity index (χ4n) is 4.26. The summed E-state index contributed by atoms with van der Waals surface area (Å²) in [6.07, 6.45) is 10.2. The summed E-state index contributed by atoms with van der Waals surface area (Å²) < 4.78 is 0. The molecule has 5 heteroatoms. The van der Waals surface area contributed by atoms with Gasteiger partial charge in [-0.15, -0.1) is 11.6 Å². The molecule has 0 aliphatic heterocycles. The van der Waals surface area contributed by atoms with E-state index in [1.54, 1.807) is 0 Å². The predicted octanol–water partition coefficient (Wildman–Crippen LogP) is 5.57. The molecule has 2 rings (SSSR count). The maximum Gasteiger partial charge on any atom is 0.303 e. The first-order valence-electron chi connectivity index (χ1n) is 10.9. The number of aliphatic carboxylic acids is 1. The maximum absolute atomic E-state index is 10.6. The number of aliphatic hydroxyl groups excluding tert-OH is 2. The van der Waals surface area contributed by atoms with Crippen molar-refractivity contribution in [1.29, 1.82) is 0 Å². The van der Waals surface area contributed by atoms with E-state index < -0.39 is 18.2 Å². The molecular weight excluding hydrogens is 388 g/mol. The number of carboxylic acids is 1. The van der Waals surface area contributed by atoms with Crippen molar-refractivity contribution in [3.05, 3.63) is 47.5 Å². The summed E-state index contributed by atoms with van der Waals surface area (Å²) in [4.78, 5) is 10.6. The average molecular weight is 423 g/mol. The largest absolute Gasteiger partial charge is 0.481 e. The van der Waals surface area contributed by atoms with Gasteiger partial charge in [0, 0.05) is 17.7 Å². The Bertz CT molecular complexity index is 643. The Labute approximate surface area is 179 Å². The van der Waals surface area contributed by atoms with Crippen LogP contribution in [-0.4, -0.2) is 32.8 Å². The molecule has 0 radical (unpaired) electrons. The van der Waals surface area contributed by atoms with Crippen LogP contribution in [0.5, 0.6) is 0 Å². The van der Waals surface area contributed by atoms with Crippen LogP contribution in [-0.2, 0) is 4.79 Å². The molecule has 1 aromatic carbocycles. The van der Waals surface area contributed by atoms with E-state index in [4.69, 9.17) is 16.7 Å². The van der Waals surface area contributed by atoms with Gasteiger partial charge in [-0.3, -0.25) is 4.79 Å². The van der Waals surface area contributed by atoms with Crippen molar-refractivity contribution in [3.63, 3.8) is 0 Å². The van der Waals surface area contributed by atoms with Gasteiger partial charge < -0.3 is 15.3 Å². The van der Waals surface area contributed by atoms with Crippen molar-refractivity contribution in [3.8, 4) is 0 Å². The lowest BCUT2D eigenvalue weighted by Crippen LogP contribution is -2.18. The van der Waals surface area contributed by atoms with Gasteiger partial charge in [0.15, 0.2) is 0 Å². The highest BCUT2D eigenvalue weighted by atomic mass is 35.5. The second-order valence-electron chi connectivity index (χ2n) is 8.18. The molecule has 1 fully saturated rings. The molecule has 0 bridgehead atoms. The Morgan fingerprint density at radius 2 is 1.93 bits per heavy atom. The Balaban J connectivity index is 1.96. The molecule has 1 aliphatic carbocycles. The van der Waals surface area contributed by atoms with Crippen LogP contribution in [0.25, 0.3) is 0 Å². The number of carbonyl (C=O) groups is 1. The molecule has 4 nitrogen and oxygen atoms in total. The Morgan fingerprint density at radius 3 is 2.59 bits per heavy atom. The molecular formula is C24H35ClO4. The third kappa shape index (κ3) is 7.44. The van der Waals surface area contributed by atoms with Gasteiger partial charge in [-0.2, -0.15) is 0 Å². The fourth-order valence-corrected chi connectivity index (χ4v) is 4.71. The zero-order valence-corrected chi connectivity index (χ0v) is 18.1. The molecule has 1 aliphatic rings. The molecule has 162 valence electrons. The van der Waals surface area contributed by atoms with Crippen LogP contribution < -0.4 is 0 Å². The van der Waals surface area contributed by atoms with Crippen molar-refractivity contribution in [1.82, 2.24) is 0 Å². The second-order valence-corrected chi connectivity index (χ2v) is 8.74. The van der Waals surface area contributed by atoms with Crippen molar-refractivity contribution < 1.29 is 20.1 Å². The lowest BCUT2D eigenvalue weighted by molar-refractivity contribution is -0.137. The van der Waals surface area contributed by atoms with Gasteiger partial charge in [-0.25, -0.2) is 0 Å². The minimum absolute atomic E-state index is 0.0209. The molecule has 5 atom stereocenters. The van der Waals surface area contributed by atoms with Crippen LogP contribution >= 0.6 is 11.6 Å². The van der Waals surface area contributed by atoms with E-state index in [0.717, 1.165) is 49.7 Å². The van der Waals surface area contributed by atoms with Gasteiger partial charge in [0.05, 0.1) is 12.2 Å². The number of hydrogen-bond acceptors (Lipinski definition) is 3. The number of carboxylic acid groups (broad SMARTS) is 1. The fraction of sp³-hybridized carbons (Fsp3) is 0.625. The van der Waals surface area contributed by atoms with Crippen molar-refractivity contribution in [2.24, 2.45) is 5.92 Å². The summed E-state index contributed by atoms with van der Waals surface area (Å²) in [5.41, 5.74) is 1.99. The lowest BCUT2D eigenvalue weighted by Gasteiger charge is -2.23. The number of rotatable bonds is 12. The number of aliphatic hydroxyl groups is 2. The van der Waals surface area contributed by atoms with Crippen LogP contribution in [0.1, 0.15) is 87.9 Å². The molecule has 2 unspecified atom stereocenters. The van der Waals surface area contributed by atoms with E-state index >= 15 is 0 Å². The summed E-state index contributed by atoms with van der Waals surface area (Å²) >= 11 is 6.54. The number of benzene rings is 1. The number of halogens is 1. The van der Waals surface area contributed by atoms with E-state index in [0.29, 0.717) is 12.8 Å². The van der Waals surface area contributed by atoms with E-state index in [2.05, 4.69) is 13.0 Å². The van der Waals surface area contributed by atoms with Crippen molar-refractivity contribution >= 4 is 17.6 Å². The summed E-state index contributed by atoms with van der Waals surface area (Å²) in [7, 11) is 0. The van der Waals surface area contributed by atoms with Gasteiger partial charge in [0.2, 0.25) is 0 Å². The third-order valence-electron chi connectivity index (χ3n) is 5.93. The monoisotopic (exact) mass is 422 g/mol.